The van der Waals surface area contributed by atoms with E-state index in [1.165, 1.54) is 19.2 Å². The summed E-state index contributed by atoms with van der Waals surface area (Å²) in [6.45, 7) is 7.80. The van der Waals surface area contributed by atoms with Crippen LogP contribution in [0.4, 0.5) is 5.69 Å². The molecule has 35 heavy (non-hydrogen) atoms. The molecule has 1 amide bonds. The number of rotatable bonds is 10. The Hall–Kier alpha value is -3.52. The second kappa shape index (κ2) is 11.3. The van der Waals surface area contributed by atoms with Gasteiger partial charge in [-0.15, -0.1) is 0 Å². The van der Waals surface area contributed by atoms with E-state index in [4.69, 9.17) is 9.47 Å². The summed E-state index contributed by atoms with van der Waals surface area (Å²) >= 11 is 0. The fraction of sp³-hybridized carbons (Fsp3) is 0.296. The molecule has 3 aromatic rings. The van der Waals surface area contributed by atoms with Crippen molar-refractivity contribution in [1.82, 2.24) is 5.32 Å². The number of nitrogens with one attached hydrogen (secondary N) is 1. The summed E-state index contributed by atoms with van der Waals surface area (Å²) in [5.41, 5.74) is 4.26. The molecular formula is C27H32N2O5S. The van der Waals surface area contributed by atoms with Gasteiger partial charge in [-0.1, -0.05) is 29.8 Å². The number of nitrogens with zero attached hydrogens (tertiary/aromatic N) is 1. The molecule has 1 N–H and O–H groups in total. The van der Waals surface area contributed by atoms with Crippen molar-refractivity contribution in [2.24, 2.45) is 0 Å². The summed E-state index contributed by atoms with van der Waals surface area (Å²) in [6, 6.07) is 17.6. The minimum Gasteiger partial charge on any atom is -0.495 e. The number of hydrogen-bond donors (Lipinski definition) is 1. The van der Waals surface area contributed by atoms with Crippen LogP contribution in [0.25, 0.3) is 0 Å². The maximum Gasteiger partial charge on any atom is 0.264 e. The van der Waals surface area contributed by atoms with Crippen LogP contribution in [-0.4, -0.2) is 41.1 Å². The van der Waals surface area contributed by atoms with Gasteiger partial charge in [-0.25, -0.2) is 8.42 Å². The summed E-state index contributed by atoms with van der Waals surface area (Å²) in [5.74, 6) is 0.635. The molecule has 0 aliphatic carbocycles. The first-order valence-corrected chi connectivity index (χ1v) is 12.8. The van der Waals surface area contributed by atoms with Crippen molar-refractivity contribution in [3.8, 4) is 11.5 Å². The van der Waals surface area contributed by atoms with E-state index in [1.807, 2.05) is 45.9 Å². The molecule has 0 radical (unpaired) electrons. The number of carbonyl (C=O) groups excluding carboxylic acids is 1. The van der Waals surface area contributed by atoms with Crippen molar-refractivity contribution in [3.63, 3.8) is 0 Å². The Bertz CT molecular complexity index is 1270. The van der Waals surface area contributed by atoms with E-state index in [9.17, 15) is 13.2 Å². The quantitative estimate of drug-likeness (QED) is 0.423. The van der Waals surface area contributed by atoms with E-state index in [0.29, 0.717) is 11.4 Å². The fourth-order valence-corrected chi connectivity index (χ4v) is 5.12. The normalized spacial score (nSPS) is 11.1. The lowest BCUT2D eigenvalue weighted by Crippen LogP contribution is -2.42. The van der Waals surface area contributed by atoms with Crippen molar-refractivity contribution >= 4 is 21.6 Å². The highest BCUT2D eigenvalue weighted by atomic mass is 32.2. The highest BCUT2D eigenvalue weighted by Gasteiger charge is 2.29. The van der Waals surface area contributed by atoms with E-state index in [-0.39, 0.29) is 18.0 Å². The first-order valence-electron chi connectivity index (χ1n) is 11.3. The lowest BCUT2D eigenvalue weighted by molar-refractivity contribution is -0.119. The first-order chi connectivity index (χ1) is 16.6. The average Bonchev–Trinajstić information content (AvgIpc) is 2.80. The number of sulfonamides is 1. The van der Waals surface area contributed by atoms with Crippen molar-refractivity contribution in [3.05, 3.63) is 82.9 Å². The Morgan fingerprint density at radius 1 is 0.857 bits per heavy atom. The van der Waals surface area contributed by atoms with Crippen molar-refractivity contribution < 1.29 is 22.7 Å². The predicted octanol–water partition coefficient (Wildman–Crippen LogP) is 4.32. The van der Waals surface area contributed by atoms with Crippen LogP contribution in [-0.2, 0) is 14.8 Å². The molecule has 0 aromatic heterocycles. The highest BCUT2D eigenvalue weighted by Crippen LogP contribution is 2.33. The Morgan fingerprint density at radius 2 is 1.49 bits per heavy atom. The molecule has 8 heteroatoms. The number of aryl methyl sites for hydroxylation is 4. The van der Waals surface area contributed by atoms with Crippen molar-refractivity contribution in [2.45, 2.75) is 32.6 Å². The summed E-state index contributed by atoms with van der Waals surface area (Å²) in [7, 11) is -2.57. The molecule has 3 aromatic carbocycles. The topological polar surface area (TPSA) is 84.9 Å². The first kappa shape index (κ1) is 26.1. The number of carbonyl (C=O) groups is 1. The van der Waals surface area contributed by atoms with Gasteiger partial charge in [-0.05, 0) is 80.8 Å². The predicted molar refractivity (Wildman–Crippen MR) is 138 cm³/mol. The molecule has 0 heterocycles. The molecule has 0 saturated heterocycles. The van der Waals surface area contributed by atoms with Crippen LogP contribution < -0.4 is 19.1 Å². The fourth-order valence-electron chi connectivity index (χ4n) is 3.69. The molecule has 0 fully saturated rings. The zero-order valence-corrected chi connectivity index (χ0v) is 21.6. The van der Waals surface area contributed by atoms with Crippen LogP contribution in [0.5, 0.6) is 11.5 Å². The third-order valence-corrected chi connectivity index (χ3v) is 7.16. The third-order valence-electron chi connectivity index (χ3n) is 5.39. The standard InChI is InChI=1S/C27H32N2O5S/c1-19-6-9-24(10-7-19)35(31,32)29(25-17-20(2)8-11-26(25)33-5)18-27(30)28-12-13-34-23-15-21(3)14-22(4)16-23/h6-11,14-17H,12-13,18H2,1-5H3,(H,28,30). The Labute approximate surface area is 207 Å². The summed E-state index contributed by atoms with van der Waals surface area (Å²) in [5, 5.41) is 2.76. The van der Waals surface area contributed by atoms with Crippen molar-refractivity contribution in [1.29, 1.82) is 0 Å². The number of amides is 1. The number of ether oxygens (including phenoxy) is 2. The van der Waals surface area contributed by atoms with Gasteiger partial charge in [0.15, 0.2) is 0 Å². The molecular weight excluding hydrogens is 464 g/mol. The molecule has 7 nitrogen and oxygen atoms in total. The molecule has 0 aliphatic rings. The zero-order chi connectivity index (χ0) is 25.6. The largest absolute Gasteiger partial charge is 0.495 e. The molecule has 0 saturated carbocycles. The maximum atomic E-state index is 13.6. The molecule has 0 unspecified atom stereocenters. The van der Waals surface area contributed by atoms with Gasteiger partial charge in [0.25, 0.3) is 10.0 Å². The van der Waals surface area contributed by atoms with Gasteiger partial charge in [-0.2, -0.15) is 0 Å². The zero-order valence-electron chi connectivity index (χ0n) is 20.8. The molecule has 0 spiro atoms. The van der Waals surface area contributed by atoms with Crippen LogP contribution in [0.2, 0.25) is 0 Å². The Balaban J connectivity index is 1.78. The van der Waals surface area contributed by atoms with Crippen LogP contribution in [0.3, 0.4) is 0 Å². The molecule has 186 valence electrons. The van der Waals surface area contributed by atoms with Gasteiger partial charge in [0.2, 0.25) is 5.91 Å². The highest BCUT2D eigenvalue weighted by molar-refractivity contribution is 7.92. The van der Waals surface area contributed by atoms with E-state index in [1.54, 1.807) is 24.3 Å². The van der Waals surface area contributed by atoms with E-state index >= 15 is 0 Å². The third kappa shape index (κ3) is 6.76. The number of benzene rings is 3. The molecule has 3 rings (SSSR count). The van der Waals surface area contributed by atoms with Crippen LogP contribution in [0, 0.1) is 27.7 Å². The average molecular weight is 497 g/mol. The van der Waals surface area contributed by atoms with Gasteiger partial charge in [0.1, 0.15) is 24.7 Å². The van der Waals surface area contributed by atoms with E-state index < -0.39 is 22.5 Å². The monoisotopic (exact) mass is 496 g/mol. The minimum absolute atomic E-state index is 0.0950. The van der Waals surface area contributed by atoms with E-state index in [2.05, 4.69) is 11.4 Å². The summed E-state index contributed by atoms with van der Waals surface area (Å²) in [6.07, 6.45) is 0. The number of anilines is 1. The second-order valence-electron chi connectivity index (χ2n) is 8.52. The SMILES string of the molecule is COc1ccc(C)cc1N(CC(=O)NCCOc1cc(C)cc(C)c1)S(=O)(=O)c1ccc(C)cc1. The Morgan fingerprint density at radius 3 is 2.11 bits per heavy atom. The van der Waals surface area contributed by atoms with Crippen LogP contribution >= 0.6 is 0 Å². The van der Waals surface area contributed by atoms with Crippen molar-refractivity contribution in [2.75, 3.05) is 31.1 Å². The second-order valence-corrected chi connectivity index (χ2v) is 10.4. The van der Waals surface area contributed by atoms with Gasteiger partial charge in [-0.3, -0.25) is 9.10 Å². The van der Waals surface area contributed by atoms with Crippen LogP contribution in [0.15, 0.2) is 65.6 Å². The maximum absolute atomic E-state index is 13.6. The smallest absolute Gasteiger partial charge is 0.264 e. The number of methoxy groups -OCH3 is 1. The van der Waals surface area contributed by atoms with Gasteiger partial charge >= 0.3 is 0 Å². The van der Waals surface area contributed by atoms with Gasteiger partial charge in [0, 0.05) is 0 Å². The summed E-state index contributed by atoms with van der Waals surface area (Å²) in [4.78, 5) is 12.9. The van der Waals surface area contributed by atoms with Gasteiger partial charge < -0.3 is 14.8 Å². The molecule has 0 bridgehead atoms. The lowest BCUT2D eigenvalue weighted by Gasteiger charge is -2.26. The molecule has 0 atom stereocenters. The van der Waals surface area contributed by atoms with Crippen LogP contribution in [0.1, 0.15) is 22.3 Å². The van der Waals surface area contributed by atoms with Gasteiger partial charge in [0.05, 0.1) is 24.2 Å². The summed E-state index contributed by atoms with van der Waals surface area (Å²) < 4.78 is 39.5. The minimum atomic E-state index is -4.04. The van der Waals surface area contributed by atoms with E-state index in [0.717, 1.165) is 32.3 Å². The lowest BCUT2D eigenvalue weighted by atomic mass is 10.1. The molecule has 0 aliphatic heterocycles. The number of hydrogen-bond acceptors (Lipinski definition) is 5. The Kier molecular flexibility index (Phi) is 8.40.